The molecule has 3 N–H and O–H groups in total. The van der Waals surface area contributed by atoms with Crippen LogP contribution in [0.15, 0.2) is 18.5 Å². The maximum absolute atomic E-state index is 12.0. The molecular formula is C25H39N3O3Si. The van der Waals surface area contributed by atoms with Crippen molar-refractivity contribution in [1.29, 1.82) is 0 Å². The summed E-state index contributed by atoms with van der Waals surface area (Å²) in [4.78, 5) is 19.4. The lowest BCUT2D eigenvalue weighted by molar-refractivity contribution is 0.0697. The third-order valence-corrected chi connectivity index (χ3v) is 14.5. The molecule has 0 aliphatic heterocycles. The minimum absolute atomic E-state index is 0.241. The van der Waals surface area contributed by atoms with Crippen LogP contribution in [0.2, 0.25) is 16.6 Å². The first-order chi connectivity index (χ1) is 15.2. The second kappa shape index (κ2) is 8.82. The van der Waals surface area contributed by atoms with Crippen molar-refractivity contribution in [1.82, 2.24) is 9.97 Å². The van der Waals surface area contributed by atoms with Gasteiger partial charge in [0, 0.05) is 36.3 Å². The number of hydrogen-bond donors (Lipinski definition) is 3. The number of pyridine rings is 1. The van der Waals surface area contributed by atoms with E-state index in [9.17, 15) is 9.90 Å². The molecule has 7 heteroatoms. The highest BCUT2D eigenvalue weighted by Gasteiger charge is 2.51. The van der Waals surface area contributed by atoms with E-state index in [1.54, 1.807) is 0 Å². The quantitative estimate of drug-likeness (QED) is 0.386. The second-order valence-electron chi connectivity index (χ2n) is 10.9. The van der Waals surface area contributed by atoms with E-state index in [0.717, 1.165) is 17.6 Å². The fourth-order valence-electron chi connectivity index (χ4n) is 7.11. The van der Waals surface area contributed by atoms with Gasteiger partial charge >= 0.3 is 5.97 Å². The van der Waals surface area contributed by atoms with Crippen LogP contribution in [0.3, 0.4) is 0 Å². The van der Waals surface area contributed by atoms with E-state index < -0.39 is 14.3 Å². The Labute approximate surface area is 192 Å². The fourth-order valence-corrected chi connectivity index (χ4v) is 12.6. The molecule has 176 valence electrons. The van der Waals surface area contributed by atoms with Gasteiger partial charge in [0.25, 0.3) is 0 Å². The number of hydrogen-bond acceptors (Lipinski definition) is 4. The summed E-state index contributed by atoms with van der Waals surface area (Å²) in [6.45, 7) is 14.8. The summed E-state index contributed by atoms with van der Waals surface area (Å²) in [7, 11) is -1.94. The Morgan fingerprint density at radius 1 is 1.19 bits per heavy atom. The molecule has 2 saturated carbocycles. The van der Waals surface area contributed by atoms with Gasteiger partial charge in [-0.1, -0.05) is 41.5 Å². The highest BCUT2D eigenvalue weighted by molar-refractivity contribution is 6.77. The lowest BCUT2D eigenvalue weighted by Gasteiger charge is -2.44. The number of aromatic amines is 1. The van der Waals surface area contributed by atoms with Gasteiger partial charge in [0.1, 0.15) is 11.2 Å². The average Bonchev–Trinajstić information content (AvgIpc) is 3.44. The van der Waals surface area contributed by atoms with Crippen LogP contribution in [0, 0.1) is 17.8 Å². The predicted octanol–water partition coefficient (Wildman–Crippen LogP) is 6.28. The molecule has 4 rings (SSSR count). The molecule has 2 aromatic rings. The number of aromatic nitrogens is 2. The third kappa shape index (κ3) is 3.77. The lowest BCUT2D eigenvalue weighted by atomic mass is 9.84. The maximum Gasteiger partial charge on any atom is 0.339 e. The highest BCUT2D eigenvalue weighted by atomic mass is 28.4. The van der Waals surface area contributed by atoms with Crippen LogP contribution in [0.25, 0.3) is 11.0 Å². The smallest absolute Gasteiger partial charge is 0.339 e. The summed E-state index contributed by atoms with van der Waals surface area (Å²) in [5.74, 6) is 0.712. The number of anilines is 1. The summed E-state index contributed by atoms with van der Waals surface area (Å²) in [6, 6.07) is 2.16. The largest absolute Gasteiger partial charge is 0.478 e. The van der Waals surface area contributed by atoms with Gasteiger partial charge in [0.15, 0.2) is 8.32 Å². The molecule has 2 aliphatic rings. The Morgan fingerprint density at radius 2 is 1.84 bits per heavy atom. The Balaban J connectivity index is 1.63. The molecule has 0 aromatic carbocycles. The summed E-state index contributed by atoms with van der Waals surface area (Å²) < 4.78 is 7.03. The molecule has 0 saturated heterocycles. The van der Waals surface area contributed by atoms with Gasteiger partial charge in [0.05, 0.1) is 5.69 Å². The minimum Gasteiger partial charge on any atom is -0.478 e. The van der Waals surface area contributed by atoms with Crippen molar-refractivity contribution in [3.8, 4) is 0 Å². The van der Waals surface area contributed by atoms with Crippen LogP contribution in [0.4, 0.5) is 5.69 Å². The molecule has 2 fully saturated rings. The molecule has 2 heterocycles. The van der Waals surface area contributed by atoms with E-state index in [0.29, 0.717) is 40.1 Å². The Kier molecular flexibility index (Phi) is 6.42. The number of carboxylic acids is 1. The average molecular weight is 458 g/mol. The van der Waals surface area contributed by atoms with Crippen LogP contribution < -0.4 is 5.32 Å². The van der Waals surface area contributed by atoms with Crippen molar-refractivity contribution < 1.29 is 14.3 Å². The van der Waals surface area contributed by atoms with Gasteiger partial charge in [0.2, 0.25) is 0 Å². The zero-order valence-corrected chi connectivity index (χ0v) is 21.3. The van der Waals surface area contributed by atoms with Crippen molar-refractivity contribution in [2.75, 3.05) is 11.9 Å². The van der Waals surface area contributed by atoms with Crippen molar-refractivity contribution in [2.45, 2.75) is 83.5 Å². The Bertz CT molecular complexity index is 949. The topological polar surface area (TPSA) is 87.2 Å². The van der Waals surface area contributed by atoms with Crippen LogP contribution in [0.1, 0.15) is 71.2 Å². The first-order valence-corrected chi connectivity index (χ1v) is 14.4. The van der Waals surface area contributed by atoms with E-state index in [4.69, 9.17) is 4.43 Å². The monoisotopic (exact) mass is 457 g/mol. The number of carbonyl (C=O) groups is 1. The molecular weight excluding hydrogens is 418 g/mol. The Morgan fingerprint density at radius 3 is 2.47 bits per heavy atom. The number of H-pyrrole nitrogens is 1. The normalized spacial score (nSPS) is 25.5. The molecule has 2 bridgehead atoms. The molecule has 4 atom stereocenters. The molecule has 0 radical (unpaired) electrons. The SMILES string of the molecule is CC(C)[Si](OC[C@@H]1[C@H]2CC[C@H](C2)[C@@H]1Nc1c(C(=O)O)cnc2[nH]ccc12)(C(C)C)C(C)C. The molecule has 2 aromatic heterocycles. The zero-order valence-electron chi connectivity index (χ0n) is 20.3. The summed E-state index contributed by atoms with van der Waals surface area (Å²) in [6.07, 6.45) is 6.98. The predicted molar refractivity (Wildman–Crippen MR) is 132 cm³/mol. The number of nitrogens with zero attached hydrogens (tertiary/aromatic N) is 1. The fraction of sp³-hybridized carbons (Fsp3) is 0.680. The van der Waals surface area contributed by atoms with Gasteiger partial charge in [-0.3, -0.25) is 0 Å². The van der Waals surface area contributed by atoms with Gasteiger partial charge in [-0.2, -0.15) is 0 Å². The van der Waals surface area contributed by atoms with Crippen molar-refractivity contribution in [2.24, 2.45) is 17.8 Å². The zero-order chi connectivity index (χ0) is 23.2. The van der Waals surface area contributed by atoms with E-state index in [1.807, 2.05) is 12.3 Å². The molecule has 0 amide bonds. The van der Waals surface area contributed by atoms with E-state index >= 15 is 0 Å². The van der Waals surface area contributed by atoms with Gasteiger partial charge in [-0.15, -0.1) is 0 Å². The molecule has 2 aliphatic carbocycles. The first kappa shape index (κ1) is 23.3. The number of carboxylic acid groups (broad SMARTS) is 1. The summed E-state index contributed by atoms with van der Waals surface area (Å²) >= 11 is 0. The number of fused-ring (bicyclic) bond motifs is 3. The molecule has 0 spiro atoms. The van der Waals surface area contributed by atoms with Crippen molar-refractivity contribution in [3.63, 3.8) is 0 Å². The van der Waals surface area contributed by atoms with Crippen molar-refractivity contribution in [3.05, 3.63) is 24.0 Å². The molecule has 6 nitrogen and oxygen atoms in total. The number of rotatable bonds is 9. The third-order valence-electron chi connectivity index (χ3n) is 8.45. The standard InChI is InChI=1S/C25H39N3O3Si/c1-14(2)32(15(3)4,16(5)6)31-13-21-17-7-8-18(11-17)22(21)28-23-19-9-10-26-24(19)27-12-20(23)25(29)30/h9-10,12,14-18,21-22H,7-8,11,13H2,1-6H3,(H,29,30)(H2,26,27,28)/t17-,18+,21+,22-/m0/s1. The van der Waals surface area contributed by atoms with Crippen LogP contribution in [-0.4, -0.2) is 42.0 Å². The van der Waals surface area contributed by atoms with Gasteiger partial charge in [-0.25, -0.2) is 9.78 Å². The summed E-state index contributed by atoms with van der Waals surface area (Å²) in [5.41, 5.74) is 3.35. The van der Waals surface area contributed by atoms with E-state index in [1.165, 1.54) is 25.5 Å². The van der Waals surface area contributed by atoms with Gasteiger partial charge < -0.3 is 19.8 Å². The van der Waals surface area contributed by atoms with E-state index in [-0.39, 0.29) is 11.6 Å². The highest BCUT2D eigenvalue weighted by Crippen LogP contribution is 2.51. The van der Waals surface area contributed by atoms with Gasteiger partial charge in [-0.05, 0) is 53.8 Å². The van der Waals surface area contributed by atoms with Crippen LogP contribution >= 0.6 is 0 Å². The van der Waals surface area contributed by atoms with Crippen LogP contribution in [-0.2, 0) is 4.43 Å². The van der Waals surface area contributed by atoms with Crippen molar-refractivity contribution >= 4 is 31.0 Å². The molecule has 32 heavy (non-hydrogen) atoms. The Hall–Kier alpha value is -1.86. The second-order valence-corrected chi connectivity index (χ2v) is 16.3. The summed E-state index contributed by atoms with van der Waals surface area (Å²) in [5, 5.41) is 14.4. The maximum atomic E-state index is 12.0. The van der Waals surface area contributed by atoms with Crippen LogP contribution in [0.5, 0.6) is 0 Å². The number of aromatic carboxylic acids is 1. The number of nitrogens with one attached hydrogen (secondary N) is 2. The minimum atomic E-state index is -1.94. The first-order valence-electron chi connectivity index (χ1n) is 12.3. The van der Waals surface area contributed by atoms with E-state index in [2.05, 4.69) is 56.8 Å². The lowest BCUT2D eigenvalue weighted by Crippen LogP contribution is -2.50. The molecule has 0 unspecified atom stereocenters.